The average Bonchev–Trinajstić information content (AvgIpc) is 3.17. The quantitative estimate of drug-likeness (QED) is 0.700. The molecule has 0 N–H and O–H groups in total. The number of hydrogen-bond acceptors (Lipinski definition) is 5. The predicted molar refractivity (Wildman–Crippen MR) is 103 cm³/mol. The number of nitrogens with zero attached hydrogens (tertiary/aromatic N) is 2. The van der Waals surface area contributed by atoms with E-state index in [2.05, 4.69) is 5.16 Å². The summed E-state index contributed by atoms with van der Waals surface area (Å²) in [5.41, 5.74) is 2.49. The SMILES string of the molecule is COCC(=O)N(Cc1ccc(F)cc1)CC1CC(c2ccccc2OC)=NO1. The normalized spacial score (nSPS) is 15.7. The standard InChI is InChI=1S/C21H23FN2O4/c1-26-14-21(25)24(12-15-7-9-16(22)10-8-15)13-17-11-19(23-28-17)18-5-3-4-6-20(18)27-2/h3-10,17H,11-14H2,1-2H3. The van der Waals surface area contributed by atoms with E-state index in [0.717, 1.165) is 22.6 Å². The minimum Gasteiger partial charge on any atom is -0.496 e. The lowest BCUT2D eigenvalue weighted by Gasteiger charge is -2.24. The van der Waals surface area contributed by atoms with Crippen molar-refractivity contribution in [3.05, 3.63) is 65.5 Å². The molecular weight excluding hydrogens is 363 g/mol. The van der Waals surface area contributed by atoms with Crippen LogP contribution in [0.15, 0.2) is 53.7 Å². The Hall–Kier alpha value is -2.93. The fourth-order valence-corrected chi connectivity index (χ4v) is 3.09. The topological polar surface area (TPSA) is 60.4 Å². The highest BCUT2D eigenvalue weighted by atomic mass is 19.1. The number of amides is 1. The van der Waals surface area contributed by atoms with Gasteiger partial charge >= 0.3 is 0 Å². The Balaban J connectivity index is 1.68. The first-order valence-corrected chi connectivity index (χ1v) is 8.98. The van der Waals surface area contributed by atoms with Crippen molar-refractivity contribution in [1.82, 2.24) is 4.90 Å². The second kappa shape index (κ2) is 9.32. The molecule has 7 heteroatoms. The van der Waals surface area contributed by atoms with Gasteiger partial charge in [-0.05, 0) is 29.8 Å². The first-order valence-electron chi connectivity index (χ1n) is 8.98. The molecule has 1 aliphatic rings. The van der Waals surface area contributed by atoms with Gasteiger partial charge in [-0.25, -0.2) is 4.39 Å². The van der Waals surface area contributed by atoms with Crippen LogP contribution in [-0.4, -0.2) is 50.0 Å². The van der Waals surface area contributed by atoms with Crippen molar-refractivity contribution in [3.63, 3.8) is 0 Å². The average molecular weight is 386 g/mol. The van der Waals surface area contributed by atoms with Crippen LogP contribution in [0.4, 0.5) is 4.39 Å². The zero-order valence-electron chi connectivity index (χ0n) is 15.9. The minimum atomic E-state index is -0.313. The number of rotatable bonds is 8. The van der Waals surface area contributed by atoms with Gasteiger partial charge in [0, 0.05) is 25.6 Å². The molecule has 1 amide bonds. The van der Waals surface area contributed by atoms with E-state index in [1.807, 2.05) is 24.3 Å². The van der Waals surface area contributed by atoms with Gasteiger partial charge < -0.3 is 19.2 Å². The highest BCUT2D eigenvalue weighted by molar-refractivity contribution is 6.03. The van der Waals surface area contributed by atoms with E-state index in [0.29, 0.717) is 19.5 Å². The van der Waals surface area contributed by atoms with Crippen LogP contribution in [0.5, 0.6) is 5.75 Å². The number of carbonyl (C=O) groups is 1. The first-order chi connectivity index (χ1) is 13.6. The van der Waals surface area contributed by atoms with Crippen LogP contribution < -0.4 is 4.74 Å². The largest absolute Gasteiger partial charge is 0.496 e. The number of carbonyl (C=O) groups excluding carboxylic acids is 1. The number of benzene rings is 2. The van der Waals surface area contributed by atoms with E-state index < -0.39 is 0 Å². The lowest BCUT2D eigenvalue weighted by atomic mass is 10.0. The summed E-state index contributed by atoms with van der Waals surface area (Å²) in [4.78, 5) is 19.7. The maximum Gasteiger partial charge on any atom is 0.248 e. The summed E-state index contributed by atoms with van der Waals surface area (Å²) in [5.74, 6) is 0.248. The van der Waals surface area contributed by atoms with Crippen molar-refractivity contribution >= 4 is 11.6 Å². The summed E-state index contributed by atoms with van der Waals surface area (Å²) in [6.45, 7) is 0.655. The molecule has 148 valence electrons. The molecule has 0 aliphatic carbocycles. The van der Waals surface area contributed by atoms with Crippen LogP contribution in [0.3, 0.4) is 0 Å². The number of halogens is 1. The number of oxime groups is 1. The van der Waals surface area contributed by atoms with Gasteiger partial charge in [-0.2, -0.15) is 0 Å². The van der Waals surface area contributed by atoms with Crippen LogP contribution >= 0.6 is 0 Å². The molecule has 0 fully saturated rings. The van der Waals surface area contributed by atoms with Gasteiger partial charge in [-0.15, -0.1) is 0 Å². The third kappa shape index (κ3) is 4.86. The van der Waals surface area contributed by atoms with E-state index in [1.54, 1.807) is 24.1 Å². The van der Waals surface area contributed by atoms with E-state index in [1.165, 1.54) is 19.2 Å². The van der Waals surface area contributed by atoms with Crippen LogP contribution in [0.2, 0.25) is 0 Å². The molecule has 1 unspecified atom stereocenters. The highest BCUT2D eigenvalue weighted by Crippen LogP contribution is 2.25. The van der Waals surface area contributed by atoms with Crippen molar-refractivity contribution in [2.24, 2.45) is 5.16 Å². The molecule has 1 atom stereocenters. The van der Waals surface area contributed by atoms with Gasteiger partial charge in [0.15, 0.2) is 6.10 Å². The Morgan fingerprint density at radius 1 is 1.21 bits per heavy atom. The monoisotopic (exact) mass is 386 g/mol. The minimum absolute atomic E-state index is 0.0336. The summed E-state index contributed by atoms with van der Waals surface area (Å²) in [7, 11) is 3.09. The first kappa shape index (κ1) is 19.8. The zero-order valence-corrected chi connectivity index (χ0v) is 15.9. The Morgan fingerprint density at radius 3 is 2.68 bits per heavy atom. The summed E-state index contributed by atoms with van der Waals surface area (Å²) < 4.78 is 23.5. The third-order valence-corrected chi connectivity index (χ3v) is 4.48. The summed E-state index contributed by atoms with van der Waals surface area (Å²) in [6, 6.07) is 13.7. The third-order valence-electron chi connectivity index (χ3n) is 4.48. The van der Waals surface area contributed by atoms with E-state index in [-0.39, 0.29) is 24.4 Å². The lowest BCUT2D eigenvalue weighted by molar-refractivity contribution is -0.137. The molecule has 6 nitrogen and oxygen atoms in total. The van der Waals surface area contributed by atoms with Crippen molar-refractivity contribution in [1.29, 1.82) is 0 Å². The molecule has 0 spiro atoms. The van der Waals surface area contributed by atoms with Crippen LogP contribution in [0, 0.1) is 5.82 Å². The molecule has 0 aromatic heterocycles. The molecule has 2 aromatic rings. The van der Waals surface area contributed by atoms with Gasteiger partial charge in [-0.3, -0.25) is 4.79 Å². The van der Waals surface area contributed by atoms with E-state index in [4.69, 9.17) is 14.3 Å². The molecule has 1 aliphatic heterocycles. The van der Waals surface area contributed by atoms with Gasteiger partial charge in [0.2, 0.25) is 5.91 Å². The second-order valence-electron chi connectivity index (χ2n) is 6.50. The molecule has 2 aromatic carbocycles. The lowest BCUT2D eigenvalue weighted by Crippen LogP contribution is -2.39. The molecule has 28 heavy (non-hydrogen) atoms. The molecule has 0 saturated heterocycles. The van der Waals surface area contributed by atoms with Crippen LogP contribution in [0.25, 0.3) is 0 Å². The van der Waals surface area contributed by atoms with Gasteiger partial charge in [0.1, 0.15) is 18.2 Å². The van der Waals surface area contributed by atoms with Crippen molar-refractivity contribution in [2.45, 2.75) is 19.1 Å². The maximum atomic E-state index is 13.2. The van der Waals surface area contributed by atoms with Crippen LogP contribution in [-0.2, 0) is 20.9 Å². The van der Waals surface area contributed by atoms with Gasteiger partial charge in [0.05, 0.1) is 19.4 Å². The Morgan fingerprint density at radius 2 is 1.96 bits per heavy atom. The maximum absolute atomic E-state index is 13.2. The number of hydrogen-bond donors (Lipinski definition) is 0. The number of para-hydroxylation sites is 1. The Bertz CT molecular complexity index is 839. The van der Waals surface area contributed by atoms with Crippen molar-refractivity contribution < 1.29 is 23.5 Å². The number of ether oxygens (including phenoxy) is 2. The fourth-order valence-electron chi connectivity index (χ4n) is 3.09. The summed E-state index contributed by atoms with van der Waals surface area (Å²) >= 11 is 0. The second-order valence-corrected chi connectivity index (χ2v) is 6.50. The van der Waals surface area contributed by atoms with E-state index in [9.17, 15) is 9.18 Å². The molecule has 1 heterocycles. The van der Waals surface area contributed by atoms with E-state index >= 15 is 0 Å². The van der Waals surface area contributed by atoms with Crippen molar-refractivity contribution in [3.8, 4) is 5.75 Å². The molecule has 0 saturated carbocycles. The highest BCUT2D eigenvalue weighted by Gasteiger charge is 2.28. The molecule has 0 bridgehead atoms. The summed E-state index contributed by atoms with van der Waals surface area (Å²) in [6.07, 6.45) is 0.279. The van der Waals surface area contributed by atoms with Gasteiger partial charge in [0.25, 0.3) is 0 Å². The predicted octanol–water partition coefficient (Wildman–Crippen LogP) is 3.00. The van der Waals surface area contributed by atoms with Crippen molar-refractivity contribution in [2.75, 3.05) is 27.4 Å². The molecule has 3 rings (SSSR count). The molecule has 0 radical (unpaired) electrons. The Labute approximate surface area is 163 Å². The summed E-state index contributed by atoms with van der Waals surface area (Å²) in [5, 5.41) is 4.19. The molecular formula is C21H23FN2O4. The Kier molecular flexibility index (Phi) is 6.60. The van der Waals surface area contributed by atoms with Gasteiger partial charge in [-0.1, -0.05) is 29.4 Å². The zero-order chi connectivity index (χ0) is 19.9. The number of methoxy groups -OCH3 is 2. The smallest absolute Gasteiger partial charge is 0.248 e. The fraction of sp³-hybridized carbons (Fsp3) is 0.333. The van der Waals surface area contributed by atoms with Crippen LogP contribution in [0.1, 0.15) is 17.5 Å².